The summed E-state index contributed by atoms with van der Waals surface area (Å²) in [5.41, 5.74) is 7.32. The summed E-state index contributed by atoms with van der Waals surface area (Å²) >= 11 is 3.35. The predicted octanol–water partition coefficient (Wildman–Crippen LogP) is 2.64. The number of hydrogen-bond donors (Lipinski definition) is 1. The molecule has 2 nitrogen and oxygen atoms in total. The molecule has 1 saturated carbocycles. The van der Waals surface area contributed by atoms with Crippen LogP contribution in [0.15, 0.2) is 22.9 Å². The Bertz CT molecular complexity index is 297. The van der Waals surface area contributed by atoms with E-state index in [-0.39, 0.29) is 6.04 Å². The number of rotatable bonds is 2. The summed E-state index contributed by atoms with van der Waals surface area (Å²) in [6.45, 7) is 0. The molecule has 1 fully saturated rings. The van der Waals surface area contributed by atoms with Crippen molar-refractivity contribution in [2.24, 2.45) is 11.7 Å². The maximum Gasteiger partial charge on any atom is 0.106 e. The summed E-state index contributed by atoms with van der Waals surface area (Å²) in [5.74, 6) is 0.689. The van der Waals surface area contributed by atoms with E-state index in [9.17, 15) is 0 Å². The van der Waals surface area contributed by atoms with E-state index in [4.69, 9.17) is 5.73 Å². The fraction of sp³-hybridized carbons (Fsp3) is 0.500. The van der Waals surface area contributed by atoms with Gasteiger partial charge in [-0.05, 0) is 52.4 Å². The largest absolute Gasteiger partial charge is 0.324 e. The third kappa shape index (κ3) is 1.92. The Morgan fingerprint density at radius 3 is 2.85 bits per heavy atom. The van der Waals surface area contributed by atoms with Crippen molar-refractivity contribution in [3.05, 3.63) is 28.5 Å². The van der Waals surface area contributed by atoms with Crippen molar-refractivity contribution in [2.75, 3.05) is 0 Å². The van der Waals surface area contributed by atoms with Crippen LogP contribution in [0.1, 0.15) is 30.9 Å². The van der Waals surface area contributed by atoms with Gasteiger partial charge >= 0.3 is 0 Å². The third-order valence-electron chi connectivity index (χ3n) is 2.79. The first-order chi connectivity index (χ1) is 6.27. The molecule has 0 amide bonds. The van der Waals surface area contributed by atoms with Crippen LogP contribution in [0.5, 0.6) is 0 Å². The molecule has 2 N–H and O–H groups in total. The number of aromatic nitrogens is 1. The van der Waals surface area contributed by atoms with Crippen molar-refractivity contribution in [1.82, 2.24) is 4.98 Å². The quantitative estimate of drug-likeness (QED) is 0.808. The molecule has 1 aliphatic carbocycles. The molecule has 0 unspecified atom stereocenters. The predicted molar refractivity (Wildman–Crippen MR) is 56.2 cm³/mol. The van der Waals surface area contributed by atoms with Crippen LogP contribution in [0.4, 0.5) is 0 Å². The average molecular weight is 241 g/mol. The monoisotopic (exact) mass is 240 g/mol. The van der Waals surface area contributed by atoms with E-state index in [0.29, 0.717) is 5.92 Å². The van der Waals surface area contributed by atoms with Gasteiger partial charge in [-0.15, -0.1) is 0 Å². The molecule has 13 heavy (non-hydrogen) atoms. The van der Waals surface area contributed by atoms with Gasteiger partial charge in [0.05, 0.1) is 0 Å². The number of nitrogens with zero attached hydrogens (tertiary/aromatic N) is 1. The van der Waals surface area contributed by atoms with E-state index in [1.54, 1.807) is 6.20 Å². The molecule has 0 radical (unpaired) electrons. The van der Waals surface area contributed by atoms with Gasteiger partial charge in [-0.1, -0.05) is 6.42 Å². The molecule has 0 spiro atoms. The van der Waals surface area contributed by atoms with Gasteiger partial charge in [0.25, 0.3) is 0 Å². The van der Waals surface area contributed by atoms with Crippen LogP contribution in [-0.4, -0.2) is 4.98 Å². The summed E-state index contributed by atoms with van der Waals surface area (Å²) in [6.07, 6.45) is 5.70. The van der Waals surface area contributed by atoms with Crippen molar-refractivity contribution >= 4 is 15.9 Å². The molecule has 0 saturated heterocycles. The molecule has 1 aromatic rings. The molecular formula is C10H13BrN2. The molecule has 2 rings (SSSR count). The lowest BCUT2D eigenvalue weighted by Gasteiger charge is -2.31. The number of nitrogens with two attached hydrogens (primary N) is 1. The first-order valence-electron chi connectivity index (χ1n) is 4.64. The Hall–Kier alpha value is -0.410. The van der Waals surface area contributed by atoms with E-state index < -0.39 is 0 Å². The molecular weight excluding hydrogens is 228 g/mol. The number of pyridine rings is 1. The molecule has 1 aromatic heterocycles. The Morgan fingerprint density at radius 1 is 1.54 bits per heavy atom. The van der Waals surface area contributed by atoms with Gasteiger partial charge in [0.2, 0.25) is 0 Å². The van der Waals surface area contributed by atoms with E-state index >= 15 is 0 Å². The van der Waals surface area contributed by atoms with Gasteiger partial charge in [0, 0.05) is 12.2 Å². The summed E-state index contributed by atoms with van der Waals surface area (Å²) in [4.78, 5) is 4.09. The Balaban J connectivity index is 2.14. The molecule has 70 valence electrons. The van der Waals surface area contributed by atoms with Crippen molar-refractivity contribution < 1.29 is 0 Å². The summed E-state index contributed by atoms with van der Waals surface area (Å²) in [6, 6.07) is 4.23. The molecule has 1 heterocycles. The second-order valence-electron chi connectivity index (χ2n) is 3.63. The third-order valence-corrected chi connectivity index (χ3v) is 3.23. The van der Waals surface area contributed by atoms with Crippen molar-refractivity contribution in [3.63, 3.8) is 0 Å². The zero-order valence-electron chi connectivity index (χ0n) is 7.41. The van der Waals surface area contributed by atoms with Gasteiger partial charge in [0.1, 0.15) is 4.60 Å². The fourth-order valence-corrected chi connectivity index (χ4v) is 2.08. The molecule has 1 aliphatic rings. The lowest BCUT2D eigenvalue weighted by Crippen LogP contribution is -2.26. The average Bonchev–Trinajstić information content (AvgIpc) is 2.01. The number of hydrogen-bond acceptors (Lipinski definition) is 2. The summed E-state index contributed by atoms with van der Waals surface area (Å²) < 4.78 is 0.875. The number of halogens is 1. The van der Waals surface area contributed by atoms with Crippen molar-refractivity contribution in [2.45, 2.75) is 25.3 Å². The lowest BCUT2D eigenvalue weighted by atomic mass is 9.78. The second-order valence-corrected chi connectivity index (χ2v) is 4.44. The topological polar surface area (TPSA) is 38.9 Å². The summed E-state index contributed by atoms with van der Waals surface area (Å²) in [7, 11) is 0. The second kappa shape index (κ2) is 3.76. The minimum Gasteiger partial charge on any atom is -0.324 e. The van der Waals surface area contributed by atoms with Crippen molar-refractivity contribution in [1.29, 1.82) is 0 Å². The van der Waals surface area contributed by atoms with Crippen LogP contribution in [0.3, 0.4) is 0 Å². The normalized spacial score (nSPS) is 19.5. The summed E-state index contributed by atoms with van der Waals surface area (Å²) in [5, 5.41) is 0. The van der Waals surface area contributed by atoms with Gasteiger partial charge in [-0.3, -0.25) is 0 Å². The Morgan fingerprint density at radius 2 is 2.31 bits per heavy atom. The molecule has 3 heteroatoms. The molecule has 0 aromatic carbocycles. The molecule has 0 aliphatic heterocycles. The first-order valence-corrected chi connectivity index (χ1v) is 5.43. The highest BCUT2D eigenvalue weighted by atomic mass is 79.9. The highest BCUT2D eigenvalue weighted by Crippen LogP contribution is 2.36. The Labute approximate surface area is 86.7 Å². The van der Waals surface area contributed by atoms with Crippen LogP contribution in [0.2, 0.25) is 0 Å². The van der Waals surface area contributed by atoms with Crippen LogP contribution in [-0.2, 0) is 0 Å². The van der Waals surface area contributed by atoms with Crippen LogP contribution >= 0.6 is 15.9 Å². The SMILES string of the molecule is N[C@@H](c1ccnc(Br)c1)C1CCC1. The first kappa shape index (κ1) is 9.16. The maximum absolute atomic E-state index is 6.12. The lowest BCUT2D eigenvalue weighted by molar-refractivity contribution is 0.264. The standard InChI is InChI=1S/C10H13BrN2/c11-9-6-8(4-5-13-9)10(12)7-2-1-3-7/h4-7,10H,1-3,12H2/t10-/m1/s1. The van der Waals surface area contributed by atoms with Crippen molar-refractivity contribution in [3.8, 4) is 0 Å². The highest BCUT2D eigenvalue weighted by molar-refractivity contribution is 9.10. The van der Waals surface area contributed by atoms with E-state index in [1.807, 2.05) is 12.1 Å². The van der Waals surface area contributed by atoms with E-state index in [1.165, 1.54) is 24.8 Å². The van der Waals surface area contributed by atoms with Crippen LogP contribution < -0.4 is 5.73 Å². The fourth-order valence-electron chi connectivity index (χ4n) is 1.70. The Kier molecular flexibility index (Phi) is 2.65. The zero-order valence-corrected chi connectivity index (χ0v) is 9.00. The van der Waals surface area contributed by atoms with E-state index in [2.05, 4.69) is 20.9 Å². The van der Waals surface area contributed by atoms with Crippen LogP contribution in [0.25, 0.3) is 0 Å². The van der Waals surface area contributed by atoms with Gasteiger partial charge in [0.15, 0.2) is 0 Å². The highest BCUT2D eigenvalue weighted by Gasteiger charge is 2.25. The van der Waals surface area contributed by atoms with Gasteiger partial charge < -0.3 is 5.73 Å². The maximum atomic E-state index is 6.12. The minimum atomic E-state index is 0.202. The van der Waals surface area contributed by atoms with Gasteiger partial charge in [-0.2, -0.15) is 0 Å². The molecule has 1 atom stereocenters. The van der Waals surface area contributed by atoms with E-state index in [0.717, 1.165) is 4.60 Å². The van der Waals surface area contributed by atoms with Crippen LogP contribution in [0, 0.1) is 5.92 Å². The molecule has 0 bridgehead atoms. The minimum absolute atomic E-state index is 0.202. The zero-order chi connectivity index (χ0) is 9.26. The van der Waals surface area contributed by atoms with Gasteiger partial charge in [-0.25, -0.2) is 4.98 Å². The smallest absolute Gasteiger partial charge is 0.106 e.